The van der Waals surface area contributed by atoms with E-state index in [2.05, 4.69) is 10.3 Å². The number of carboxylic acid groups (broad SMARTS) is 1. The zero-order chi connectivity index (χ0) is 11.4. The normalized spacial score (nSPS) is 12.5. The number of thiazole rings is 1. The summed E-state index contributed by atoms with van der Waals surface area (Å²) in [5, 5.41) is 12.6. The molecule has 0 saturated carbocycles. The van der Waals surface area contributed by atoms with Crippen molar-refractivity contribution in [2.45, 2.75) is 27.2 Å². The van der Waals surface area contributed by atoms with Gasteiger partial charge in [0.1, 0.15) is 0 Å². The van der Waals surface area contributed by atoms with Crippen molar-refractivity contribution in [3.05, 3.63) is 10.6 Å². The molecule has 15 heavy (non-hydrogen) atoms. The summed E-state index contributed by atoms with van der Waals surface area (Å²) in [6.07, 6.45) is 0.191. The predicted molar refractivity (Wildman–Crippen MR) is 61.5 cm³/mol. The van der Waals surface area contributed by atoms with Crippen LogP contribution in [0.5, 0.6) is 0 Å². The second kappa shape index (κ2) is 5.11. The fourth-order valence-corrected chi connectivity index (χ4v) is 2.00. The average Bonchev–Trinajstić information content (AvgIpc) is 2.42. The molecule has 0 saturated heterocycles. The molecule has 0 aliphatic heterocycles. The summed E-state index contributed by atoms with van der Waals surface area (Å²) in [4.78, 5) is 16.0. The number of aromatic nitrogens is 1. The standard InChI is InChI=1S/C10H16N2O2S/c1-6(4-9(13)14)5-11-10-12-7(2)8(3)15-10/h6H,4-5H2,1-3H3,(H,11,12)(H,13,14). The molecule has 84 valence electrons. The number of hydrogen-bond acceptors (Lipinski definition) is 4. The molecule has 5 heteroatoms. The van der Waals surface area contributed by atoms with E-state index in [-0.39, 0.29) is 12.3 Å². The monoisotopic (exact) mass is 228 g/mol. The van der Waals surface area contributed by atoms with Crippen molar-refractivity contribution in [1.82, 2.24) is 4.98 Å². The summed E-state index contributed by atoms with van der Waals surface area (Å²) in [7, 11) is 0. The third-order valence-electron chi connectivity index (χ3n) is 2.15. The van der Waals surface area contributed by atoms with E-state index in [0.29, 0.717) is 6.54 Å². The van der Waals surface area contributed by atoms with Crippen molar-refractivity contribution >= 4 is 22.4 Å². The average molecular weight is 228 g/mol. The van der Waals surface area contributed by atoms with E-state index in [4.69, 9.17) is 5.11 Å². The van der Waals surface area contributed by atoms with Crippen LogP contribution in [0.15, 0.2) is 0 Å². The van der Waals surface area contributed by atoms with Gasteiger partial charge in [0.2, 0.25) is 0 Å². The summed E-state index contributed by atoms with van der Waals surface area (Å²) >= 11 is 1.61. The third kappa shape index (κ3) is 3.87. The van der Waals surface area contributed by atoms with Gasteiger partial charge in [-0.25, -0.2) is 4.98 Å². The van der Waals surface area contributed by atoms with Gasteiger partial charge in [0.05, 0.1) is 5.69 Å². The minimum absolute atomic E-state index is 0.118. The number of hydrogen-bond donors (Lipinski definition) is 2. The molecule has 0 aliphatic rings. The van der Waals surface area contributed by atoms with Crippen molar-refractivity contribution in [3.8, 4) is 0 Å². The smallest absolute Gasteiger partial charge is 0.303 e. The Balaban J connectivity index is 2.40. The largest absolute Gasteiger partial charge is 0.481 e. The Kier molecular flexibility index (Phi) is 4.08. The number of carbonyl (C=O) groups is 1. The first-order chi connectivity index (χ1) is 6.99. The minimum atomic E-state index is -0.754. The van der Waals surface area contributed by atoms with E-state index >= 15 is 0 Å². The van der Waals surface area contributed by atoms with Gasteiger partial charge in [0.25, 0.3) is 0 Å². The lowest BCUT2D eigenvalue weighted by Gasteiger charge is -2.08. The summed E-state index contributed by atoms with van der Waals surface area (Å²) in [6, 6.07) is 0. The van der Waals surface area contributed by atoms with Crippen molar-refractivity contribution in [2.24, 2.45) is 5.92 Å². The van der Waals surface area contributed by atoms with Crippen LogP contribution in [0, 0.1) is 19.8 Å². The first-order valence-electron chi connectivity index (χ1n) is 4.88. The minimum Gasteiger partial charge on any atom is -0.481 e. The molecule has 0 spiro atoms. The lowest BCUT2D eigenvalue weighted by Crippen LogP contribution is -2.14. The van der Waals surface area contributed by atoms with Gasteiger partial charge in [0.15, 0.2) is 5.13 Å². The van der Waals surface area contributed by atoms with E-state index in [1.807, 2.05) is 20.8 Å². The Hall–Kier alpha value is -1.10. The van der Waals surface area contributed by atoms with Crippen LogP contribution in [0.1, 0.15) is 23.9 Å². The Bertz CT molecular complexity index is 330. The van der Waals surface area contributed by atoms with Crippen molar-refractivity contribution in [1.29, 1.82) is 0 Å². The van der Waals surface area contributed by atoms with Crippen LogP contribution in [0.25, 0.3) is 0 Å². The molecule has 1 unspecified atom stereocenters. The van der Waals surface area contributed by atoms with Gasteiger partial charge < -0.3 is 10.4 Å². The van der Waals surface area contributed by atoms with Crippen LogP contribution in [0.3, 0.4) is 0 Å². The van der Waals surface area contributed by atoms with E-state index in [1.54, 1.807) is 11.3 Å². The fourth-order valence-electron chi connectivity index (χ4n) is 1.18. The van der Waals surface area contributed by atoms with Gasteiger partial charge in [-0.3, -0.25) is 4.79 Å². The van der Waals surface area contributed by atoms with Gasteiger partial charge in [0, 0.05) is 17.8 Å². The van der Waals surface area contributed by atoms with Crippen molar-refractivity contribution in [3.63, 3.8) is 0 Å². The highest BCUT2D eigenvalue weighted by Crippen LogP contribution is 2.21. The van der Waals surface area contributed by atoms with Crippen LogP contribution in [0.2, 0.25) is 0 Å². The first kappa shape index (κ1) is 12.0. The molecule has 1 aromatic heterocycles. The van der Waals surface area contributed by atoms with Crippen LogP contribution < -0.4 is 5.32 Å². The topological polar surface area (TPSA) is 62.2 Å². The van der Waals surface area contributed by atoms with E-state index in [1.165, 1.54) is 4.88 Å². The number of nitrogens with one attached hydrogen (secondary N) is 1. The maximum absolute atomic E-state index is 10.4. The molecule has 4 nitrogen and oxygen atoms in total. The van der Waals surface area contributed by atoms with E-state index in [0.717, 1.165) is 10.8 Å². The second-order valence-corrected chi connectivity index (χ2v) is 4.95. The molecule has 2 N–H and O–H groups in total. The molecule has 0 bridgehead atoms. The molecule has 0 aromatic carbocycles. The lowest BCUT2D eigenvalue weighted by atomic mass is 10.1. The highest BCUT2D eigenvalue weighted by molar-refractivity contribution is 7.15. The van der Waals surface area contributed by atoms with Gasteiger partial charge in [-0.05, 0) is 19.8 Å². The number of rotatable bonds is 5. The van der Waals surface area contributed by atoms with Crippen LogP contribution >= 0.6 is 11.3 Å². The molecular weight excluding hydrogens is 212 g/mol. The molecule has 1 rings (SSSR count). The number of aliphatic carboxylic acids is 1. The number of nitrogens with zero attached hydrogens (tertiary/aromatic N) is 1. The SMILES string of the molecule is Cc1nc(NCC(C)CC(=O)O)sc1C. The van der Waals surface area contributed by atoms with Gasteiger partial charge >= 0.3 is 5.97 Å². The van der Waals surface area contributed by atoms with Gasteiger partial charge in [-0.2, -0.15) is 0 Å². The highest BCUT2D eigenvalue weighted by Gasteiger charge is 2.09. The lowest BCUT2D eigenvalue weighted by molar-refractivity contribution is -0.137. The first-order valence-corrected chi connectivity index (χ1v) is 5.70. The van der Waals surface area contributed by atoms with Gasteiger partial charge in [-0.1, -0.05) is 6.92 Å². The van der Waals surface area contributed by atoms with Crippen LogP contribution in [-0.2, 0) is 4.79 Å². The maximum Gasteiger partial charge on any atom is 0.303 e. The number of aryl methyl sites for hydroxylation is 2. The third-order valence-corrected chi connectivity index (χ3v) is 3.18. The maximum atomic E-state index is 10.4. The second-order valence-electron chi connectivity index (χ2n) is 3.74. The summed E-state index contributed by atoms with van der Waals surface area (Å²) in [6.45, 7) is 6.56. The molecule has 1 atom stereocenters. The van der Waals surface area contributed by atoms with Crippen molar-refractivity contribution in [2.75, 3.05) is 11.9 Å². The Morgan fingerprint density at radius 2 is 2.27 bits per heavy atom. The zero-order valence-corrected chi connectivity index (χ0v) is 10.0. The highest BCUT2D eigenvalue weighted by atomic mass is 32.1. The Morgan fingerprint density at radius 1 is 1.60 bits per heavy atom. The summed E-state index contributed by atoms with van der Waals surface area (Å²) < 4.78 is 0. The predicted octanol–water partition coefficient (Wildman–Crippen LogP) is 2.28. The molecular formula is C10H16N2O2S. The Morgan fingerprint density at radius 3 is 2.73 bits per heavy atom. The molecule has 1 aromatic rings. The zero-order valence-electron chi connectivity index (χ0n) is 9.20. The molecule has 0 fully saturated rings. The van der Waals surface area contributed by atoms with Crippen LogP contribution in [0.4, 0.5) is 5.13 Å². The quantitative estimate of drug-likeness (QED) is 0.811. The van der Waals surface area contributed by atoms with Crippen LogP contribution in [-0.4, -0.2) is 22.6 Å². The molecule has 0 amide bonds. The molecule has 0 aliphatic carbocycles. The summed E-state index contributed by atoms with van der Waals surface area (Å²) in [5.41, 5.74) is 1.04. The van der Waals surface area contributed by atoms with Gasteiger partial charge in [-0.15, -0.1) is 11.3 Å². The fraction of sp³-hybridized carbons (Fsp3) is 0.600. The Labute approximate surface area is 93.4 Å². The van der Waals surface area contributed by atoms with Crippen molar-refractivity contribution < 1.29 is 9.90 Å². The van der Waals surface area contributed by atoms with E-state index in [9.17, 15) is 4.79 Å². The number of carboxylic acids is 1. The molecule has 0 radical (unpaired) electrons. The molecule has 1 heterocycles. The summed E-state index contributed by atoms with van der Waals surface area (Å²) in [5.74, 6) is -0.636. The van der Waals surface area contributed by atoms with E-state index < -0.39 is 5.97 Å². The number of anilines is 1.